The fourth-order valence-corrected chi connectivity index (χ4v) is 1.60. The molecule has 0 aromatic heterocycles. The molecule has 0 saturated heterocycles. The van der Waals surface area contributed by atoms with Crippen molar-refractivity contribution in [3.05, 3.63) is 35.4 Å². The van der Waals surface area contributed by atoms with Crippen LogP contribution in [0.3, 0.4) is 0 Å². The number of nitrogens with one attached hydrogen (secondary N) is 1. The molecule has 1 aromatic carbocycles. The first-order valence-electron chi connectivity index (χ1n) is 5.21. The topological polar surface area (TPSA) is 24.4 Å². The quantitative estimate of drug-likeness (QED) is 0.717. The van der Waals surface area contributed by atoms with E-state index in [1.807, 2.05) is 0 Å². The van der Waals surface area contributed by atoms with Crippen LogP contribution in [0.25, 0.3) is 0 Å². The molecule has 0 aliphatic carbocycles. The first kappa shape index (κ1) is 9.25. The van der Waals surface area contributed by atoms with Crippen molar-refractivity contribution < 1.29 is 0 Å². The molecule has 0 unspecified atom stereocenters. The number of benzene rings is 1. The summed E-state index contributed by atoms with van der Waals surface area (Å²) in [6, 6.07) is 8.52. The van der Waals surface area contributed by atoms with Crippen LogP contribution in [0.2, 0.25) is 0 Å². The molecule has 0 amide bonds. The predicted octanol–water partition coefficient (Wildman–Crippen LogP) is 2.13. The van der Waals surface area contributed by atoms with Crippen LogP contribution in [-0.4, -0.2) is 18.9 Å². The lowest BCUT2D eigenvalue weighted by Crippen LogP contribution is -2.24. The summed E-state index contributed by atoms with van der Waals surface area (Å²) < 4.78 is 0. The monoisotopic (exact) mass is 188 g/mol. The zero-order chi connectivity index (χ0) is 9.80. The lowest BCUT2D eigenvalue weighted by atomic mass is 10.1. The Balaban J connectivity index is 2.20. The number of nitrogens with zero attached hydrogens (tertiary/aromatic N) is 1. The molecule has 0 atom stereocenters. The number of hydrogen-bond donors (Lipinski definition) is 1. The van der Waals surface area contributed by atoms with Gasteiger partial charge in [0.2, 0.25) is 0 Å². The molecule has 1 aliphatic heterocycles. The second-order valence-corrected chi connectivity index (χ2v) is 3.73. The number of rotatable bonds is 1. The van der Waals surface area contributed by atoms with Crippen LogP contribution in [0.1, 0.15) is 24.0 Å². The van der Waals surface area contributed by atoms with E-state index in [9.17, 15) is 0 Å². The maximum Gasteiger partial charge on any atom is 0.128 e. The van der Waals surface area contributed by atoms with Crippen LogP contribution in [0.5, 0.6) is 0 Å². The van der Waals surface area contributed by atoms with Crippen molar-refractivity contribution in [3.8, 4) is 0 Å². The average Bonchev–Trinajstić information content (AvgIpc) is 2.47. The Bertz CT molecular complexity index is 325. The van der Waals surface area contributed by atoms with Crippen LogP contribution in [-0.2, 0) is 0 Å². The molecule has 0 fully saturated rings. The third-order valence-corrected chi connectivity index (χ3v) is 2.47. The second kappa shape index (κ2) is 4.27. The molecule has 74 valence electrons. The van der Waals surface area contributed by atoms with Gasteiger partial charge in [-0.1, -0.05) is 29.8 Å². The predicted molar refractivity (Wildman–Crippen MR) is 59.8 cm³/mol. The van der Waals surface area contributed by atoms with E-state index in [0.29, 0.717) is 0 Å². The van der Waals surface area contributed by atoms with Gasteiger partial charge in [0.15, 0.2) is 0 Å². The van der Waals surface area contributed by atoms with E-state index in [2.05, 4.69) is 41.5 Å². The minimum Gasteiger partial charge on any atom is -0.370 e. The molecule has 2 rings (SSSR count). The lowest BCUT2D eigenvalue weighted by Gasteiger charge is -2.06. The van der Waals surface area contributed by atoms with Gasteiger partial charge in [-0.15, -0.1) is 0 Å². The summed E-state index contributed by atoms with van der Waals surface area (Å²) in [6.07, 6.45) is 2.42. The van der Waals surface area contributed by atoms with Crippen molar-refractivity contribution in [3.63, 3.8) is 0 Å². The van der Waals surface area contributed by atoms with Crippen LogP contribution in [0.4, 0.5) is 0 Å². The van der Waals surface area contributed by atoms with Crippen LogP contribution in [0.15, 0.2) is 29.3 Å². The SMILES string of the molecule is Cc1ccc(C2=NCCCCN2)cc1. The zero-order valence-corrected chi connectivity index (χ0v) is 8.59. The van der Waals surface area contributed by atoms with E-state index in [4.69, 9.17) is 0 Å². The second-order valence-electron chi connectivity index (χ2n) is 3.73. The van der Waals surface area contributed by atoms with Gasteiger partial charge in [-0.05, 0) is 19.8 Å². The van der Waals surface area contributed by atoms with Crippen molar-refractivity contribution in [2.24, 2.45) is 4.99 Å². The van der Waals surface area contributed by atoms with Crippen molar-refractivity contribution in [2.75, 3.05) is 13.1 Å². The Morgan fingerprint density at radius 1 is 1.14 bits per heavy atom. The third-order valence-electron chi connectivity index (χ3n) is 2.47. The van der Waals surface area contributed by atoms with Gasteiger partial charge in [0.1, 0.15) is 5.84 Å². The molecule has 0 bridgehead atoms. The molecular formula is C12H16N2. The highest BCUT2D eigenvalue weighted by atomic mass is 15.0. The van der Waals surface area contributed by atoms with E-state index in [1.54, 1.807) is 0 Å². The normalized spacial score (nSPS) is 16.8. The average molecular weight is 188 g/mol. The third kappa shape index (κ3) is 2.13. The van der Waals surface area contributed by atoms with E-state index < -0.39 is 0 Å². The molecule has 1 N–H and O–H groups in total. The van der Waals surface area contributed by atoms with E-state index in [-0.39, 0.29) is 0 Å². The van der Waals surface area contributed by atoms with Crippen LogP contribution in [0, 0.1) is 6.92 Å². The van der Waals surface area contributed by atoms with Gasteiger partial charge in [-0.3, -0.25) is 4.99 Å². The summed E-state index contributed by atoms with van der Waals surface area (Å²) in [6.45, 7) is 4.11. The summed E-state index contributed by atoms with van der Waals surface area (Å²) in [5.74, 6) is 1.06. The number of amidine groups is 1. The van der Waals surface area contributed by atoms with Crippen molar-refractivity contribution in [1.82, 2.24) is 5.32 Å². The van der Waals surface area contributed by atoms with Gasteiger partial charge in [0, 0.05) is 18.7 Å². The van der Waals surface area contributed by atoms with Gasteiger partial charge in [-0.25, -0.2) is 0 Å². The summed E-state index contributed by atoms with van der Waals surface area (Å²) in [4.78, 5) is 4.53. The Hall–Kier alpha value is -1.31. The first-order chi connectivity index (χ1) is 6.86. The molecule has 0 saturated carbocycles. The largest absolute Gasteiger partial charge is 0.370 e. The van der Waals surface area contributed by atoms with E-state index >= 15 is 0 Å². The Morgan fingerprint density at radius 3 is 2.71 bits per heavy atom. The fraction of sp³-hybridized carbons (Fsp3) is 0.417. The highest BCUT2D eigenvalue weighted by Gasteiger charge is 2.04. The summed E-state index contributed by atoms with van der Waals surface area (Å²) in [5.41, 5.74) is 2.50. The molecule has 1 heterocycles. The maximum absolute atomic E-state index is 4.53. The smallest absolute Gasteiger partial charge is 0.128 e. The Morgan fingerprint density at radius 2 is 1.93 bits per heavy atom. The highest BCUT2D eigenvalue weighted by Crippen LogP contribution is 2.06. The number of aryl methyl sites for hydroxylation is 1. The summed E-state index contributed by atoms with van der Waals surface area (Å²) >= 11 is 0. The van der Waals surface area contributed by atoms with Crippen LogP contribution < -0.4 is 5.32 Å². The Kier molecular flexibility index (Phi) is 2.82. The fourth-order valence-electron chi connectivity index (χ4n) is 1.60. The molecular weight excluding hydrogens is 172 g/mol. The Labute approximate surface area is 85.1 Å². The van der Waals surface area contributed by atoms with Crippen molar-refractivity contribution >= 4 is 5.84 Å². The number of hydrogen-bond acceptors (Lipinski definition) is 2. The minimum absolute atomic E-state index is 0.955. The molecule has 2 nitrogen and oxygen atoms in total. The van der Waals surface area contributed by atoms with Gasteiger partial charge in [0.05, 0.1) is 0 Å². The van der Waals surface area contributed by atoms with E-state index in [1.165, 1.54) is 24.0 Å². The molecule has 14 heavy (non-hydrogen) atoms. The standard InChI is InChI=1S/C12H16N2/c1-10-4-6-11(7-5-10)12-13-8-2-3-9-14-12/h4-7H,2-3,8-9H2,1H3,(H,13,14). The molecule has 1 aromatic rings. The summed E-state index contributed by atoms with van der Waals surface area (Å²) in [5, 5.41) is 3.37. The summed E-state index contributed by atoms with van der Waals surface area (Å²) in [7, 11) is 0. The molecule has 0 radical (unpaired) electrons. The first-order valence-corrected chi connectivity index (χ1v) is 5.21. The van der Waals surface area contributed by atoms with Crippen molar-refractivity contribution in [2.45, 2.75) is 19.8 Å². The molecule has 1 aliphatic rings. The molecule has 0 spiro atoms. The van der Waals surface area contributed by atoms with Gasteiger partial charge in [-0.2, -0.15) is 0 Å². The van der Waals surface area contributed by atoms with E-state index in [0.717, 1.165) is 18.9 Å². The van der Waals surface area contributed by atoms with Gasteiger partial charge >= 0.3 is 0 Å². The maximum atomic E-state index is 4.53. The van der Waals surface area contributed by atoms with Gasteiger partial charge in [0.25, 0.3) is 0 Å². The van der Waals surface area contributed by atoms with Gasteiger partial charge < -0.3 is 5.32 Å². The van der Waals surface area contributed by atoms with Crippen molar-refractivity contribution in [1.29, 1.82) is 0 Å². The minimum atomic E-state index is 0.955. The highest BCUT2D eigenvalue weighted by molar-refractivity contribution is 5.98. The zero-order valence-electron chi connectivity index (χ0n) is 8.59. The lowest BCUT2D eigenvalue weighted by molar-refractivity contribution is 0.749. The van der Waals surface area contributed by atoms with Crippen LogP contribution >= 0.6 is 0 Å². The molecule has 2 heteroatoms. The number of aliphatic imine (C=N–C) groups is 1.